The van der Waals surface area contributed by atoms with E-state index in [1.807, 2.05) is 0 Å². The third-order valence-electron chi connectivity index (χ3n) is 2.47. The van der Waals surface area contributed by atoms with Crippen molar-refractivity contribution in [2.45, 2.75) is 0 Å². The predicted octanol–water partition coefficient (Wildman–Crippen LogP) is 0.151. The molecule has 2 aromatic heterocycles. The molecule has 0 aromatic carbocycles. The Kier molecular flexibility index (Phi) is 3.74. The summed E-state index contributed by atoms with van der Waals surface area (Å²) in [5, 5.41) is 4.10. The maximum atomic E-state index is 11.8. The van der Waals surface area contributed by atoms with Gasteiger partial charge >= 0.3 is 5.97 Å². The Balaban J connectivity index is 2.33. The number of methoxy groups -OCH3 is 1. The predicted molar refractivity (Wildman–Crippen MR) is 68.5 cm³/mol. The van der Waals surface area contributed by atoms with E-state index in [4.69, 9.17) is 0 Å². The molecular formula is C12H13N5O3. The highest BCUT2D eigenvalue weighted by Gasteiger charge is 2.14. The van der Waals surface area contributed by atoms with E-state index in [9.17, 15) is 9.59 Å². The van der Waals surface area contributed by atoms with Crippen molar-refractivity contribution in [2.24, 2.45) is 0 Å². The Morgan fingerprint density at radius 3 is 2.65 bits per heavy atom. The summed E-state index contributed by atoms with van der Waals surface area (Å²) in [5.41, 5.74) is 0.348. The van der Waals surface area contributed by atoms with E-state index in [0.29, 0.717) is 5.82 Å². The van der Waals surface area contributed by atoms with Crippen LogP contribution in [0, 0.1) is 0 Å². The number of hydrogen-bond acceptors (Lipinski definition) is 6. The summed E-state index contributed by atoms with van der Waals surface area (Å²) >= 11 is 0. The molecule has 0 aliphatic heterocycles. The highest BCUT2D eigenvalue weighted by Crippen LogP contribution is 2.06. The number of carbonyl (C=O) groups is 2. The van der Waals surface area contributed by atoms with Gasteiger partial charge in [-0.05, 0) is 6.07 Å². The van der Waals surface area contributed by atoms with Gasteiger partial charge in [-0.15, -0.1) is 0 Å². The Morgan fingerprint density at radius 2 is 2.00 bits per heavy atom. The van der Waals surface area contributed by atoms with Gasteiger partial charge in [0.2, 0.25) is 0 Å². The molecule has 8 nitrogen and oxygen atoms in total. The summed E-state index contributed by atoms with van der Waals surface area (Å²) in [6, 6.07) is 1.56. The van der Waals surface area contributed by atoms with E-state index in [2.05, 4.69) is 19.8 Å². The molecule has 0 unspecified atom stereocenters. The van der Waals surface area contributed by atoms with Crippen LogP contribution in [0.3, 0.4) is 0 Å². The lowest BCUT2D eigenvalue weighted by atomic mass is 10.4. The van der Waals surface area contributed by atoms with E-state index in [0.717, 1.165) is 0 Å². The lowest BCUT2D eigenvalue weighted by Gasteiger charge is -2.07. The van der Waals surface area contributed by atoms with Crippen molar-refractivity contribution in [3.8, 4) is 5.82 Å². The molecule has 2 aromatic rings. The highest BCUT2D eigenvalue weighted by atomic mass is 16.5. The highest BCUT2D eigenvalue weighted by molar-refractivity contribution is 5.91. The van der Waals surface area contributed by atoms with Gasteiger partial charge in [0.1, 0.15) is 0 Å². The van der Waals surface area contributed by atoms with Crippen LogP contribution < -0.4 is 0 Å². The van der Waals surface area contributed by atoms with Gasteiger partial charge in [0.25, 0.3) is 5.91 Å². The molecule has 0 radical (unpaired) electrons. The van der Waals surface area contributed by atoms with E-state index in [1.54, 1.807) is 26.4 Å². The second-order valence-electron chi connectivity index (χ2n) is 4.10. The van der Waals surface area contributed by atoms with Crippen molar-refractivity contribution in [3.05, 3.63) is 36.0 Å². The quantitative estimate of drug-likeness (QED) is 0.741. The molecule has 0 spiro atoms. The number of nitrogens with zero attached hydrogens (tertiary/aromatic N) is 5. The second-order valence-corrected chi connectivity index (χ2v) is 4.10. The Labute approximate surface area is 115 Å². The number of aromatic nitrogens is 4. The van der Waals surface area contributed by atoms with E-state index in [-0.39, 0.29) is 17.3 Å². The number of ether oxygens (including phenoxy) is 1. The van der Waals surface area contributed by atoms with Crippen LogP contribution in [0.15, 0.2) is 24.7 Å². The normalized spacial score (nSPS) is 10.2. The maximum absolute atomic E-state index is 11.8. The van der Waals surface area contributed by atoms with Crippen molar-refractivity contribution in [1.82, 2.24) is 24.6 Å². The largest absolute Gasteiger partial charge is 0.464 e. The Hall–Kier alpha value is -2.77. The fourth-order valence-corrected chi connectivity index (χ4v) is 1.46. The minimum Gasteiger partial charge on any atom is -0.464 e. The lowest BCUT2D eigenvalue weighted by molar-refractivity contribution is 0.0593. The van der Waals surface area contributed by atoms with Gasteiger partial charge in [0.15, 0.2) is 17.2 Å². The molecule has 0 fully saturated rings. The third kappa shape index (κ3) is 2.63. The summed E-state index contributed by atoms with van der Waals surface area (Å²) in [7, 11) is 4.54. The van der Waals surface area contributed by atoms with Crippen LogP contribution in [0.2, 0.25) is 0 Å². The van der Waals surface area contributed by atoms with E-state index in [1.165, 1.54) is 29.1 Å². The van der Waals surface area contributed by atoms with Crippen LogP contribution in [0.1, 0.15) is 21.0 Å². The molecule has 0 saturated carbocycles. The van der Waals surface area contributed by atoms with Crippen LogP contribution in [0.5, 0.6) is 0 Å². The summed E-state index contributed by atoms with van der Waals surface area (Å²) in [5.74, 6) is -0.484. The van der Waals surface area contributed by atoms with Crippen LogP contribution in [0.25, 0.3) is 5.82 Å². The number of amides is 1. The molecule has 2 rings (SSSR count). The second kappa shape index (κ2) is 5.47. The monoisotopic (exact) mass is 275 g/mol. The standard InChI is InChI=1S/C12H13N5O3/c1-16(2)11(18)8-4-5-17(15-8)10-7-13-6-9(14-10)12(19)20-3/h4-7H,1-3H3. The van der Waals surface area contributed by atoms with Gasteiger partial charge < -0.3 is 9.64 Å². The number of carbonyl (C=O) groups excluding carboxylic acids is 2. The Morgan fingerprint density at radius 1 is 1.25 bits per heavy atom. The molecule has 0 aliphatic carbocycles. The number of rotatable bonds is 3. The average Bonchev–Trinajstić information content (AvgIpc) is 2.95. The third-order valence-corrected chi connectivity index (χ3v) is 2.47. The van der Waals surface area contributed by atoms with Gasteiger partial charge in [-0.2, -0.15) is 5.10 Å². The van der Waals surface area contributed by atoms with E-state index < -0.39 is 5.97 Å². The molecule has 20 heavy (non-hydrogen) atoms. The fourth-order valence-electron chi connectivity index (χ4n) is 1.46. The summed E-state index contributed by atoms with van der Waals surface area (Å²) in [6.45, 7) is 0. The molecule has 104 valence electrons. The molecule has 2 heterocycles. The summed E-state index contributed by atoms with van der Waals surface area (Å²) in [6.07, 6.45) is 4.30. The zero-order valence-corrected chi connectivity index (χ0v) is 11.3. The molecule has 0 aliphatic rings. The summed E-state index contributed by atoms with van der Waals surface area (Å²) in [4.78, 5) is 32.5. The van der Waals surface area contributed by atoms with Crippen molar-refractivity contribution >= 4 is 11.9 Å². The van der Waals surface area contributed by atoms with Crippen molar-refractivity contribution in [2.75, 3.05) is 21.2 Å². The van der Waals surface area contributed by atoms with Gasteiger partial charge in [0.05, 0.1) is 19.5 Å². The van der Waals surface area contributed by atoms with Crippen LogP contribution in [-0.4, -0.2) is 57.7 Å². The molecule has 8 heteroatoms. The SMILES string of the molecule is COC(=O)c1cncc(-n2ccc(C(=O)N(C)C)n2)n1. The van der Waals surface area contributed by atoms with Gasteiger partial charge in [-0.25, -0.2) is 14.5 Å². The number of hydrogen-bond donors (Lipinski definition) is 0. The molecule has 0 atom stereocenters. The molecular weight excluding hydrogens is 262 g/mol. The fraction of sp³-hybridized carbons (Fsp3) is 0.250. The smallest absolute Gasteiger partial charge is 0.358 e. The molecule has 1 amide bonds. The number of esters is 1. The minimum atomic E-state index is -0.587. The van der Waals surface area contributed by atoms with Crippen LogP contribution in [0.4, 0.5) is 0 Å². The van der Waals surface area contributed by atoms with Crippen molar-refractivity contribution in [3.63, 3.8) is 0 Å². The molecule has 0 bridgehead atoms. The van der Waals surface area contributed by atoms with Crippen molar-refractivity contribution < 1.29 is 14.3 Å². The lowest BCUT2D eigenvalue weighted by Crippen LogP contribution is -2.22. The van der Waals surface area contributed by atoms with Crippen LogP contribution >= 0.6 is 0 Å². The van der Waals surface area contributed by atoms with Crippen LogP contribution in [-0.2, 0) is 4.74 Å². The first-order chi connectivity index (χ1) is 9.52. The first kappa shape index (κ1) is 13.7. The average molecular weight is 275 g/mol. The zero-order valence-electron chi connectivity index (χ0n) is 11.3. The van der Waals surface area contributed by atoms with Crippen molar-refractivity contribution in [1.29, 1.82) is 0 Å². The first-order valence-corrected chi connectivity index (χ1v) is 5.71. The maximum Gasteiger partial charge on any atom is 0.358 e. The Bertz CT molecular complexity index is 650. The zero-order chi connectivity index (χ0) is 14.7. The topological polar surface area (TPSA) is 90.2 Å². The van der Waals surface area contributed by atoms with Gasteiger partial charge in [-0.1, -0.05) is 0 Å². The van der Waals surface area contributed by atoms with Gasteiger partial charge in [-0.3, -0.25) is 9.78 Å². The van der Waals surface area contributed by atoms with Gasteiger partial charge in [0, 0.05) is 20.3 Å². The summed E-state index contributed by atoms with van der Waals surface area (Å²) < 4.78 is 5.94. The molecule has 0 N–H and O–H groups in total. The minimum absolute atomic E-state index is 0.0704. The van der Waals surface area contributed by atoms with E-state index >= 15 is 0 Å². The molecule has 0 saturated heterocycles. The first-order valence-electron chi connectivity index (χ1n) is 5.71.